The Morgan fingerprint density at radius 1 is 0.931 bits per heavy atom. The van der Waals surface area contributed by atoms with E-state index in [1.165, 1.54) is 6.07 Å². The summed E-state index contributed by atoms with van der Waals surface area (Å²) in [5, 5.41) is 9.15. The lowest BCUT2D eigenvalue weighted by Gasteiger charge is -2.26. The number of phenols is 1. The van der Waals surface area contributed by atoms with Crippen LogP contribution in [0.25, 0.3) is 0 Å². The molecule has 29 heavy (non-hydrogen) atoms. The molecule has 0 unspecified atom stereocenters. The summed E-state index contributed by atoms with van der Waals surface area (Å²) in [7, 11) is 0. The Morgan fingerprint density at radius 3 is 2.34 bits per heavy atom. The second-order valence-corrected chi connectivity index (χ2v) is 7.16. The molecule has 1 N–H and O–H groups in total. The summed E-state index contributed by atoms with van der Waals surface area (Å²) in [4.78, 5) is 0. The number of phenolic OH excluding ortho intramolecular Hbond substituents is 1. The molecule has 0 atom stereocenters. The van der Waals surface area contributed by atoms with Crippen LogP contribution in [-0.4, -0.2) is 11.7 Å². The lowest BCUT2D eigenvalue weighted by Crippen LogP contribution is -2.14. The fourth-order valence-corrected chi connectivity index (χ4v) is 3.61. The first-order chi connectivity index (χ1) is 13.9. The van der Waals surface area contributed by atoms with Crippen LogP contribution in [0.4, 0.5) is 17.6 Å². The molecular formula is C23H22F4O2. The number of rotatable bonds is 4. The molecule has 2 nitrogen and oxygen atoms in total. The van der Waals surface area contributed by atoms with Gasteiger partial charge in [0.1, 0.15) is 0 Å². The van der Waals surface area contributed by atoms with Gasteiger partial charge in [-0.1, -0.05) is 24.0 Å². The maximum absolute atomic E-state index is 14.5. The summed E-state index contributed by atoms with van der Waals surface area (Å²) >= 11 is 0. The summed E-state index contributed by atoms with van der Waals surface area (Å²) in [5.74, 6) is 0.503. The van der Waals surface area contributed by atoms with Crippen molar-refractivity contribution in [2.75, 3.05) is 6.61 Å². The van der Waals surface area contributed by atoms with Gasteiger partial charge < -0.3 is 9.84 Å². The van der Waals surface area contributed by atoms with Crippen molar-refractivity contribution < 1.29 is 27.4 Å². The van der Waals surface area contributed by atoms with Crippen molar-refractivity contribution in [3.63, 3.8) is 0 Å². The largest absolute Gasteiger partial charge is 0.505 e. The maximum Gasteiger partial charge on any atom is 0.201 e. The highest BCUT2D eigenvalue weighted by molar-refractivity contribution is 5.40. The van der Waals surface area contributed by atoms with E-state index >= 15 is 0 Å². The Kier molecular flexibility index (Phi) is 6.81. The third kappa shape index (κ3) is 4.73. The van der Waals surface area contributed by atoms with Gasteiger partial charge in [0.2, 0.25) is 5.82 Å². The minimum absolute atomic E-state index is 0.0346. The predicted molar refractivity (Wildman–Crippen MR) is 101 cm³/mol. The van der Waals surface area contributed by atoms with Gasteiger partial charge in [-0.15, -0.1) is 0 Å². The van der Waals surface area contributed by atoms with Gasteiger partial charge in [-0.2, -0.15) is 4.39 Å². The van der Waals surface area contributed by atoms with Gasteiger partial charge in [0.05, 0.1) is 12.2 Å². The molecule has 0 aliphatic heterocycles. The van der Waals surface area contributed by atoms with Crippen molar-refractivity contribution in [3.05, 3.63) is 64.2 Å². The average Bonchev–Trinajstić information content (AvgIpc) is 2.73. The van der Waals surface area contributed by atoms with E-state index in [9.17, 15) is 17.6 Å². The zero-order chi connectivity index (χ0) is 21.0. The first-order valence-electron chi connectivity index (χ1n) is 9.65. The normalized spacial score (nSPS) is 18.9. The Hall–Kier alpha value is -2.52. The summed E-state index contributed by atoms with van der Waals surface area (Å²) < 4.78 is 61.1. The average molecular weight is 406 g/mol. The van der Waals surface area contributed by atoms with E-state index in [1.807, 2.05) is 0 Å². The van der Waals surface area contributed by atoms with Gasteiger partial charge in [-0.05, 0) is 56.2 Å². The second kappa shape index (κ2) is 9.32. The second-order valence-electron chi connectivity index (χ2n) is 7.16. The Balaban J connectivity index is 1.66. The molecule has 1 aliphatic carbocycles. The first kappa shape index (κ1) is 21.2. The van der Waals surface area contributed by atoms with Crippen LogP contribution in [0.3, 0.4) is 0 Å². The smallest absolute Gasteiger partial charge is 0.201 e. The van der Waals surface area contributed by atoms with Crippen LogP contribution in [0.15, 0.2) is 24.3 Å². The molecule has 0 bridgehead atoms. The fourth-order valence-electron chi connectivity index (χ4n) is 3.61. The number of benzene rings is 2. The molecule has 0 heterocycles. The SMILES string of the molecule is CCOCc1ccc(C2CCC(C#Cc3ccc(O)c(F)c3F)CC2)c(F)c1F. The van der Waals surface area contributed by atoms with Crippen LogP contribution < -0.4 is 0 Å². The first-order valence-corrected chi connectivity index (χ1v) is 9.65. The van der Waals surface area contributed by atoms with Crippen molar-refractivity contribution in [1.82, 2.24) is 0 Å². The molecule has 0 spiro atoms. The van der Waals surface area contributed by atoms with Gasteiger partial charge >= 0.3 is 0 Å². The number of ether oxygens (including phenoxy) is 1. The molecule has 0 amide bonds. The summed E-state index contributed by atoms with van der Waals surface area (Å²) in [6, 6.07) is 5.48. The van der Waals surface area contributed by atoms with Gasteiger partial charge in [0, 0.05) is 18.1 Å². The topological polar surface area (TPSA) is 29.5 Å². The molecule has 1 saturated carbocycles. The Morgan fingerprint density at radius 2 is 1.66 bits per heavy atom. The molecule has 0 aromatic heterocycles. The third-order valence-corrected chi connectivity index (χ3v) is 5.29. The van der Waals surface area contributed by atoms with Crippen molar-refractivity contribution in [2.24, 2.45) is 5.92 Å². The number of halogens is 4. The quantitative estimate of drug-likeness (QED) is 0.513. The Labute approximate surface area is 167 Å². The van der Waals surface area contributed by atoms with Gasteiger partial charge in [-0.25, -0.2) is 13.2 Å². The molecule has 3 rings (SSSR count). The summed E-state index contributed by atoms with van der Waals surface area (Å²) in [6.07, 6.45) is 2.57. The number of aromatic hydroxyl groups is 1. The fraction of sp³-hybridized carbons (Fsp3) is 0.391. The molecule has 2 aromatic rings. The van der Waals surface area contributed by atoms with Crippen LogP contribution >= 0.6 is 0 Å². The predicted octanol–water partition coefficient (Wildman–Crippen LogP) is 5.81. The summed E-state index contributed by atoms with van der Waals surface area (Å²) in [5.41, 5.74) is 0.456. The van der Waals surface area contributed by atoms with Crippen LogP contribution in [0.1, 0.15) is 55.2 Å². The molecule has 0 saturated heterocycles. The maximum atomic E-state index is 14.5. The molecule has 0 radical (unpaired) electrons. The van der Waals surface area contributed by atoms with E-state index in [0.717, 1.165) is 6.07 Å². The van der Waals surface area contributed by atoms with Crippen molar-refractivity contribution >= 4 is 0 Å². The van der Waals surface area contributed by atoms with Gasteiger partial charge in [0.15, 0.2) is 23.2 Å². The zero-order valence-corrected chi connectivity index (χ0v) is 16.1. The molecule has 2 aromatic carbocycles. The lowest BCUT2D eigenvalue weighted by atomic mass is 9.78. The molecule has 1 aliphatic rings. The van der Waals surface area contributed by atoms with E-state index in [2.05, 4.69) is 11.8 Å². The highest BCUT2D eigenvalue weighted by Gasteiger charge is 2.25. The highest BCUT2D eigenvalue weighted by Crippen LogP contribution is 2.37. The zero-order valence-electron chi connectivity index (χ0n) is 16.1. The molecule has 154 valence electrons. The van der Waals surface area contributed by atoms with Crippen LogP contribution in [0.5, 0.6) is 5.75 Å². The molecular weight excluding hydrogens is 384 g/mol. The van der Waals surface area contributed by atoms with E-state index in [4.69, 9.17) is 9.84 Å². The van der Waals surface area contributed by atoms with Crippen molar-refractivity contribution in [1.29, 1.82) is 0 Å². The number of hydrogen-bond donors (Lipinski definition) is 1. The minimum atomic E-state index is -1.31. The van der Waals surface area contributed by atoms with E-state index in [0.29, 0.717) is 37.9 Å². The van der Waals surface area contributed by atoms with Gasteiger partial charge in [-0.3, -0.25) is 0 Å². The van der Waals surface area contributed by atoms with Crippen LogP contribution in [0.2, 0.25) is 0 Å². The molecule has 1 fully saturated rings. The Bertz CT molecular complexity index is 938. The van der Waals surface area contributed by atoms with E-state index in [1.54, 1.807) is 19.1 Å². The number of hydrogen-bond acceptors (Lipinski definition) is 2. The minimum Gasteiger partial charge on any atom is -0.505 e. The highest BCUT2D eigenvalue weighted by atomic mass is 19.2. The van der Waals surface area contributed by atoms with Gasteiger partial charge in [0.25, 0.3) is 0 Å². The van der Waals surface area contributed by atoms with E-state index < -0.39 is 29.0 Å². The van der Waals surface area contributed by atoms with Crippen molar-refractivity contribution in [2.45, 2.75) is 45.1 Å². The third-order valence-electron chi connectivity index (χ3n) is 5.29. The molecule has 6 heteroatoms. The standard InChI is InChI=1S/C23H22F4O2/c1-2-29-13-17-9-11-18(22(26)21(17)25)15-6-3-14(4-7-15)5-8-16-10-12-19(28)23(27)20(16)24/h9-12,14-15,28H,2-4,6-7,13H2,1H3. The summed E-state index contributed by atoms with van der Waals surface area (Å²) in [6.45, 7) is 2.25. The van der Waals surface area contributed by atoms with Crippen LogP contribution in [0, 0.1) is 41.0 Å². The van der Waals surface area contributed by atoms with E-state index in [-0.39, 0.29) is 29.6 Å². The lowest BCUT2D eigenvalue weighted by molar-refractivity contribution is 0.131. The monoisotopic (exact) mass is 406 g/mol. The van der Waals surface area contributed by atoms with Crippen LogP contribution in [-0.2, 0) is 11.3 Å². The van der Waals surface area contributed by atoms with Crippen molar-refractivity contribution in [3.8, 4) is 17.6 Å².